The van der Waals surface area contributed by atoms with Crippen molar-refractivity contribution in [3.8, 4) is 0 Å². The summed E-state index contributed by atoms with van der Waals surface area (Å²) in [5.74, 6) is -0.405. The molecule has 2 aromatic carbocycles. The lowest BCUT2D eigenvalue weighted by molar-refractivity contribution is -0.137. The molecule has 0 spiro atoms. The fraction of sp³-hybridized carbons (Fsp3) is 0.409. The highest BCUT2D eigenvalue weighted by Crippen LogP contribution is 2.29. The van der Waals surface area contributed by atoms with Gasteiger partial charge in [0.05, 0.1) is 16.5 Å². The lowest BCUT2D eigenvalue weighted by Crippen LogP contribution is -2.39. The second-order valence-corrected chi connectivity index (χ2v) is 9.27. The molecule has 2 aromatic rings. The van der Waals surface area contributed by atoms with Crippen LogP contribution in [0.25, 0.3) is 0 Å². The van der Waals surface area contributed by atoms with Crippen LogP contribution in [0.15, 0.2) is 53.4 Å². The summed E-state index contributed by atoms with van der Waals surface area (Å²) in [4.78, 5) is 12.6. The molecule has 32 heavy (non-hydrogen) atoms. The summed E-state index contributed by atoms with van der Waals surface area (Å²) >= 11 is 0. The Morgan fingerprint density at radius 1 is 0.969 bits per heavy atom. The van der Waals surface area contributed by atoms with Gasteiger partial charge in [0.1, 0.15) is 0 Å². The second-order valence-electron chi connectivity index (χ2n) is 7.33. The average molecular weight is 472 g/mol. The quantitative estimate of drug-likeness (QED) is 0.568. The van der Waals surface area contributed by atoms with Gasteiger partial charge in [0.25, 0.3) is 0 Å². The van der Waals surface area contributed by atoms with Crippen molar-refractivity contribution in [1.29, 1.82) is 0 Å². The molecule has 0 bridgehead atoms. The molecular formula is C22H28F3N3O3S. The van der Waals surface area contributed by atoms with E-state index in [1.807, 2.05) is 6.92 Å². The van der Waals surface area contributed by atoms with E-state index in [1.54, 1.807) is 32.9 Å². The minimum absolute atomic E-state index is 0.199. The van der Waals surface area contributed by atoms with Gasteiger partial charge in [-0.15, -0.1) is 0 Å². The lowest BCUT2D eigenvalue weighted by Gasteiger charge is -2.21. The molecule has 2 rings (SSSR count). The van der Waals surface area contributed by atoms with Crippen molar-refractivity contribution in [1.82, 2.24) is 9.62 Å². The first kappa shape index (κ1) is 25.8. The van der Waals surface area contributed by atoms with Crippen LogP contribution in [0.2, 0.25) is 0 Å². The van der Waals surface area contributed by atoms with Gasteiger partial charge in [-0.3, -0.25) is 10.1 Å². The number of hydrogen-bond acceptors (Lipinski definition) is 4. The Morgan fingerprint density at radius 2 is 1.50 bits per heavy atom. The van der Waals surface area contributed by atoms with Crippen LogP contribution in [-0.4, -0.2) is 37.8 Å². The molecule has 0 aliphatic carbocycles. The van der Waals surface area contributed by atoms with Crippen molar-refractivity contribution >= 4 is 21.6 Å². The maximum atomic E-state index is 12.6. The van der Waals surface area contributed by atoms with E-state index in [-0.39, 0.29) is 16.6 Å². The zero-order valence-electron chi connectivity index (χ0n) is 18.4. The first-order valence-corrected chi connectivity index (χ1v) is 11.7. The normalized spacial score (nSPS) is 14.2. The highest BCUT2D eigenvalue weighted by Gasteiger charge is 2.30. The van der Waals surface area contributed by atoms with E-state index in [9.17, 15) is 26.4 Å². The Kier molecular flexibility index (Phi) is 8.44. The number of rotatable bonds is 9. The van der Waals surface area contributed by atoms with E-state index in [2.05, 4.69) is 10.6 Å². The standard InChI is InChI=1S/C22H28F3N3O3S/c1-5-28(6-2)32(30,31)20-13-7-17(8-14-20)15(3)26-16(4)21(29)27-19-11-9-18(10-12-19)22(23,24)25/h7-16,26H,5-6H2,1-4H3,(H,27,29). The number of halogens is 3. The molecule has 0 aliphatic rings. The molecule has 2 N–H and O–H groups in total. The summed E-state index contributed by atoms with van der Waals surface area (Å²) in [6, 6.07) is 9.75. The number of nitrogens with zero attached hydrogens (tertiary/aromatic N) is 1. The first-order valence-electron chi connectivity index (χ1n) is 10.2. The van der Waals surface area contributed by atoms with E-state index >= 15 is 0 Å². The van der Waals surface area contributed by atoms with Crippen molar-refractivity contribution in [2.45, 2.75) is 50.9 Å². The van der Waals surface area contributed by atoms with Crippen LogP contribution >= 0.6 is 0 Å². The van der Waals surface area contributed by atoms with Crippen LogP contribution in [0.5, 0.6) is 0 Å². The number of hydrogen-bond donors (Lipinski definition) is 2. The molecule has 0 fully saturated rings. The number of carbonyl (C=O) groups excluding carboxylic acids is 1. The minimum Gasteiger partial charge on any atom is -0.325 e. The van der Waals surface area contributed by atoms with Gasteiger partial charge in [-0.2, -0.15) is 17.5 Å². The molecule has 0 saturated heterocycles. The maximum Gasteiger partial charge on any atom is 0.416 e. The number of nitrogens with one attached hydrogen (secondary N) is 2. The smallest absolute Gasteiger partial charge is 0.325 e. The Hall–Kier alpha value is -2.43. The number of alkyl halides is 3. The Morgan fingerprint density at radius 3 is 1.97 bits per heavy atom. The van der Waals surface area contributed by atoms with Crippen molar-refractivity contribution in [3.05, 3.63) is 59.7 Å². The lowest BCUT2D eigenvalue weighted by atomic mass is 10.1. The molecule has 176 valence electrons. The van der Waals surface area contributed by atoms with Crippen LogP contribution < -0.4 is 10.6 Å². The monoisotopic (exact) mass is 471 g/mol. The zero-order chi connectivity index (χ0) is 24.1. The molecule has 0 heterocycles. The summed E-state index contributed by atoms with van der Waals surface area (Å²) in [6.45, 7) is 7.77. The van der Waals surface area contributed by atoms with Crippen molar-refractivity contribution < 1.29 is 26.4 Å². The molecular weight excluding hydrogens is 443 g/mol. The third-order valence-electron chi connectivity index (χ3n) is 5.10. The molecule has 2 unspecified atom stereocenters. The van der Waals surface area contributed by atoms with Gasteiger partial charge in [0.2, 0.25) is 15.9 Å². The van der Waals surface area contributed by atoms with Crippen LogP contribution in [0.4, 0.5) is 18.9 Å². The average Bonchev–Trinajstić information content (AvgIpc) is 2.74. The van der Waals surface area contributed by atoms with Gasteiger partial charge >= 0.3 is 6.18 Å². The van der Waals surface area contributed by atoms with E-state index in [1.165, 1.54) is 28.6 Å². The molecule has 6 nitrogen and oxygen atoms in total. The van der Waals surface area contributed by atoms with Gasteiger partial charge in [-0.25, -0.2) is 8.42 Å². The van der Waals surface area contributed by atoms with Crippen molar-refractivity contribution in [3.63, 3.8) is 0 Å². The van der Waals surface area contributed by atoms with Crippen LogP contribution in [0.1, 0.15) is 44.9 Å². The third-order valence-corrected chi connectivity index (χ3v) is 7.16. The van der Waals surface area contributed by atoms with E-state index in [0.717, 1.165) is 17.7 Å². The Balaban J connectivity index is 2.01. The highest BCUT2D eigenvalue weighted by atomic mass is 32.2. The summed E-state index contributed by atoms with van der Waals surface area (Å²) in [7, 11) is -3.55. The molecule has 0 aliphatic heterocycles. The highest BCUT2D eigenvalue weighted by molar-refractivity contribution is 7.89. The molecule has 0 saturated carbocycles. The molecule has 1 amide bonds. The largest absolute Gasteiger partial charge is 0.416 e. The van der Waals surface area contributed by atoms with Crippen LogP contribution in [-0.2, 0) is 21.0 Å². The Bertz CT molecular complexity index is 1000. The van der Waals surface area contributed by atoms with E-state index < -0.39 is 33.7 Å². The van der Waals surface area contributed by atoms with Crippen LogP contribution in [0, 0.1) is 0 Å². The Labute approximate surface area is 186 Å². The van der Waals surface area contributed by atoms with Gasteiger partial charge in [0.15, 0.2) is 0 Å². The number of carbonyl (C=O) groups is 1. The van der Waals surface area contributed by atoms with Gasteiger partial charge in [-0.1, -0.05) is 26.0 Å². The topological polar surface area (TPSA) is 78.5 Å². The van der Waals surface area contributed by atoms with E-state index in [0.29, 0.717) is 13.1 Å². The molecule has 2 atom stereocenters. The van der Waals surface area contributed by atoms with Gasteiger partial charge in [-0.05, 0) is 55.8 Å². The predicted molar refractivity (Wildman–Crippen MR) is 118 cm³/mol. The number of anilines is 1. The van der Waals surface area contributed by atoms with Gasteiger partial charge < -0.3 is 5.32 Å². The number of benzene rings is 2. The minimum atomic E-state index is -4.44. The fourth-order valence-electron chi connectivity index (χ4n) is 3.18. The number of sulfonamides is 1. The third kappa shape index (κ3) is 6.30. The summed E-state index contributed by atoms with van der Waals surface area (Å²) in [6.07, 6.45) is -4.44. The summed E-state index contributed by atoms with van der Waals surface area (Å²) in [5, 5.41) is 5.68. The van der Waals surface area contributed by atoms with Gasteiger partial charge in [0, 0.05) is 24.8 Å². The van der Waals surface area contributed by atoms with Crippen LogP contribution in [0.3, 0.4) is 0 Å². The van der Waals surface area contributed by atoms with E-state index in [4.69, 9.17) is 0 Å². The molecule has 0 aromatic heterocycles. The first-order chi connectivity index (χ1) is 14.9. The maximum absolute atomic E-state index is 12.6. The number of amides is 1. The SMILES string of the molecule is CCN(CC)S(=O)(=O)c1ccc(C(C)NC(C)C(=O)Nc2ccc(C(F)(F)F)cc2)cc1. The molecule has 10 heteroatoms. The molecule has 0 radical (unpaired) electrons. The summed E-state index contributed by atoms with van der Waals surface area (Å²) in [5.41, 5.74) is 0.259. The van der Waals surface area contributed by atoms with Crippen molar-refractivity contribution in [2.75, 3.05) is 18.4 Å². The van der Waals surface area contributed by atoms with Crippen molar-refractivity contribution in [2.24, 2.45) is 0 Å². The second kappa shape index (κ2) is 10.5. The fourth-order valence-corrected chi connectivity index (χ4v) is 4.64. The predicted octanol–water partition coefficient (Wildman–Crippen LogP) is 4.41. The summed E-state index contributed by atoms with van der Waals surface area (Å²) < 4.78 is 64.5. The zero-order valence-corrected chi connectivity index (χ0v) is 19.2.